The van der Waals surface area contributed by atoms with E-state index in [-0.39, 0.29) is 29.0 Å². The fraction of sp³-hybridized carbons (Fsp3) is 0.435. The Balaban J connectivity index is 1.60. The van der Waals surface area contributed by atoms with Crippen LogP contribution < -0.4 is 10.5 Å². The van der Waals surface area contributed by atoms with E-state index < -0.39 is 11.8 Å². The lowest BCUT2D eigenvalue weighted by Gasteiger charge is -2.28. The van der Waals surface area contributed by atoms with Crippen LogP contribution in [0.1, 0.15) is 36.9 Å². The van der Waals surface area contributed by atoms with E-state index in [9.17, 15) is 18.3 Å². The number of halogens is 3. The van der Waals surface area contributed by atoms with Crippen molar-refractivity contribution in [2.45, 2.75) is 44.5 Å². The summed E-state index contributed by atoms with van der Waals surface area (Å²) in [5.41, 5.74) is 3.76. The third-order valence-electron chi connectivity index (χ3n) is 6.11. The van der Waals surface area contributed by atoms with Crippen molar-refractivity contribution in [3.05, 3.63) is 47.9 Å². The predicted octanol–water partition coefficient (Wildman–Crippen LogP) is 4.06. The Morgan fingerprint density at radius 3 is 2.53 bits per heavy atom. The van der Waals surface area contributed by atoms with Crippen LogP contribution in [0.15, 0.2) is 36.8 Å². The molecule has 1 fully saturated rings. The molecule has 8 nitrogen and oxygen atoms in total. The van der Waals surface area contributed by atoms with Gasteiger partial charge in [-0.2, -0.15) is 18.3 Å². The minimum atomic E-state index is -4.84. The first-order valence-corrected chi connectivity index (χ1v) is 10.9. The average molecular weight is 477 g/mol. The van der Waals surface area contributed by atoms with Crippen LogP contribution in [0.25, 0.3) is 11.3 Å². The molecular weight excluding hydrogens is 449 g/mol. The molecule has 1 aliphatic rings. The van der Waals surface area contributed by atoms with Gasteiger partial charge in [0.2, 0.25) is 0 Å². The summed E-state index contributed by atoms with van der Waals surface area (Å²) >= 11 is 0. The van der Waals surface area contributed by atoms with Crippen molar-refractivity contribution in [3.8, 4) is 22.9 Å². The van der Waals surface area contributed by atoms with E-state index in [2.05, 4.69) is 27.0 Å². The summed E-state index contributed by atoms with van der Waals surface area (Å²) in [7, 11) is 2.09. The normalized spacial score (nSPS) is 17.5. The smallest absolute Gasteiger partial charge is 0.421 e. The standard InChI is InChI=1S/C23H27F3N6O2/c1-14-8-15(10-16(9-14)22(2,33)23(24,25)26)19-12-28-20(27)21(30-19)34-18-11-29-32(13-18)17-4-6-31(3)7-5-17/h8-13,17,33H,4-7H2,1-3H3,(H2,27,28). The molecular formula is C23H27F3N6O2. The van der Waals surface area contributed by atoms with Crippen LogP contribution in [0.3, 0.4) is 0 Å². The second kappa shape index (κ2) is 8.88. The summed E-state index contributed by atoms with van der Waals surface area (Å²) in [6.07, 6.45) is 1.81. The number of aromatic nitrogens is 4. The van der Waals surface area contributed by atoms with Crippen LogP contribution in [0.4, 0.5) is 19.0 Å². The van der Waals surface area contributed by atoms with Gasteiger partial charge in [0.15, 0.2) is 17.2 Å². The van der Waals surface area contributed by atoms with Gasteiger partial charge < -0.3 is 20.5 Å². The van der Waals surface area contributed by atoms with E-state index >= 15 is 0 Å². The molecule has 0 saturated carbocycles. The van der Waals surface area contributed by atoms with E-state index in [1.165, 1.54) is 18.3 Å². The number of nitrogen functional groups attached to an aromatic ring is 1. The number of anilines is 1. The van der Waals surface area contributed by atoms with Crippen LogP contribution in [-0.4, -0.2) is 56.1 Å². The predicted molar refractivity (Wildman–Crippen MR) is 120 cm³/mol. The van der Waals surface area contributed by atoms with Gasteiger partial charge in [-0.3, -0.25) is 4.68 Å². The second-order valence-corrected chi connectivity index (χ2v) is 8.90. The third kappa shape index (κ3) is 4.85. The van der Waals surface area contributed by atoms with Crippen LogP contribution in [0, 0.1) is 6.92 Å². The topological polar surface area (TPSA) is 102 Å². The van der Waals surface area contributed by atoms with Gasteiger partial charge in [0.1, 0.15) is 0 Å². The van der Waals surface area contributed by atoms with Crippen LogP contribution in [0.5, 0.6) is 11.6 Å². The molecule has 2 aromatic heterocycles. The number of benzene rings is 1. The highest BCUT2D eigenvalue weighted by Gasteiger charge is 2.51. The number of alkyl halides is 3. The van der Waals surface area contributed by atoms with Crippen molar-refractivity contribution in [1.29, 1.82) is 0 Å². The molecule has 0 spiro atoms. The molecule has 0 aliphatic carbocycles. The maximum Gasteiger partial charge on any atom is 0.421 e. The molecule has 3 heterocycles. The zero-order chi connectivity index (χ0) is 24.7. The number of piperidine rings is 1. The summed E-state index contributed by atoms with van der Waals surface area (Å²) in [6, 6.07) is 4.45. The summed E-state index contributed by atoms with van der Waals surface area (Å²) < 4.78 is 47.8. The summed E-state index contributed by atoms with van der Waals surface area (Å²) in [4.78, 5) is 10.7. The monoisotopic (exact) mass is 476 g/mol. The fourth-order valence-corrected chi connectivity index (χ4v) is 3.92. The Labute approximate surface area is 195 Å². The van der Waals surface area contributed by atoms with Gasteiger partial charge in [0.05, 0.1) is 30.3 Å². The molecule has 1 aliphatic heterocycles. The summed E-state index contributed by atoms with van der Waals surface area (Å²) in [5.74, 6) is 0.485. The SMILES string of the molecule is Cc1cc(-c2cnc(N)c(Oc3cnn(C4CCN(C)CC4)c3)n2)cc(C(C)(O)C(F)(F)F)c1. The molecule has 0 bridgehead atoms. The first-order chi connectivity index (χ1) is 15.9. The van der Waals surface area contributed by atoms with E-state index in [1.807, 2.05) is 4.68 Å². The molecule has 3 N–H and O–H groups in total. The zero-order valence-electron chi connectivity index (χ0n) is 19.2. The third-order valence-corrected chi connectivity index (χ3v) is 6.11. The zero-order valence-corrected chi connectivity index (χ0v) is 19.2. The molecule has 1 unspecified atom stereocenters. The molecule has 34 heavy (non-hydrogen) atoms. The molecule has 3 aromatic rings. The number of hydrogen-bond donors (Lipinski definition) is 2. The molecule has 182 valence electrons. The number of ether oxygens (including phenoxy) is 1. The fourth-order valence-electron chi connectivity index (χ4n) is 3.92. The van der Waals surface area contributed by atoms with Crippen LogP contribution >= 0.6 is 0 Å². The number of aliphatic hydroxyl groups is 1. The number of nitrogens with zero attached hydrogens (tertiary/aromatic N) is 5. The molecule has 1 aromatic carbocycles. The average Bonchev–Trinajstić information content (AvgIpc) is 3.23. The van der Waals surface area contributed by atoms with Crippen molar-refractivity contribution in [1.82, 2.24) is 24.6 Å². The molecule has 1 atom stereocenters. The Kier molecular flexibility index (Phi) is 6.26. The largest absolute Gasteiger partial charge is 0.433 e. The number of rotatable bonds is 5. The molecule has 0 radical (unpaired) electrons. The minimum Gasteiger partial charge on any atom is -0.433 e. The number of hydrogen-bond acceptors (Lipinski definition) is 7. The van der Waals surface area contributed by atoms with E-state index in [0.717, 1.165) is 32.9 Å². The van der Waals surface area contributed by atoms with Crippen molar-refractivity contribution in [2.24, 2.45) is 0 Å². The molecule has 0 amide bonds. The van der Waals surface area contributed by atoms with Crippen LogP contribution in [-0.2, 0) is 5.60 Å². The lowest BCUT2D eigenvalue weighted by atomic mass is 9.91. The Bertz CT molecular complexity index is 1170. The molecule has 1 saturated heterocycles. The van der Waals surface area contributed by atoms with Crippen LogP contribution in [0.2, 0.25) is 0 Å². The van der Waals surface area contributed by atoms with Gasteiger partial charge in [-0.1, -0.05) is 11.6 Å². The van der Waals surface area contributed by atoms with Gasteiger partial charge in [-0.05, 0) is 64.5 Å². The Hall–Kier alpha value is -3.18. The van der Waals surface area contributed by atoms with E-state index in [4.69, 9.17) is 10.5 Å². The number of likely N-dealkylation sites (tertiary alicyclic amines) is 1. The summed E-state index contributed by atoms with van der Waals surface area (Å²) in [6.45, 7) is 4.33. The van der Waals surface area contributed by atoms with Gasteiger partial charge in [-0.15, -0.1) is 0 Å². The highest BCUT2D eigenvalue weighted by atomic mass is 19.4. The lowest BCUT2D eigenvalue weighted by Crippen LogP contribution is -2.39. The first kappa shape index (κ1) is 24.0. The number of aryl methyl sites for hydroxylation is 1. The second-order valence-electron chi connectivity index (χ2n) is 8.90. The van der Waals surface area contributed by atoms with Gasteiger partial charge in [0.25, 0.3) is 5.88 Å². The lowest BCUT2D eigenvalue weighted by molar-refractivity contribution is -0.258. The van der Waals surface area contributed by atoms with Crippen molar-refractivity contribution in [2.75, 3.05) is 25.9 Å². The Morgan fingerprint density at radius 1 is 1.15 bits per heavy atom. The van der Waals surface area contributed by atoms with Crippen molar-refractivity contribution >= 4 is 5.82 Å². The van der Waals surface area contributed by atoms with Gasteiger partial charge in [0, 0.05) is 5.56 Å². The highest BCUT2D eigenvalue weighted by Crippen LogP contribution is 2.40. The molecule has 11 heteroatoms. The highest BCUT2D eigenvalue weighted by molar-refractivity contribution is 5.63. The van der Waals surface area contributed by atoms with Crippen molar-refractivity contribution < 1.29 is 23.0 Å². The first-order valence-electron chi connectivity index (χ1n) is 10.9. The van der Waals surface area contributed by atoms with Crippen molar-refractivity contribution in [3.63, 3.8) is 0 Å². The quantitative estimate of drug-likeness (QED) is 0.573. The maximum absolute atomic E-state index is 13.4. The van der Waals surface area contributed by atoms with Gasteiger partial charge in [-0.25, -0.2) is 9.97 Å². The molecule has 4 rings (SSSR count). The Morgan fingerprint density at radius 2 is 1.85 bits per heavy atom. The number of nitrogens with two attached hydrogens (primary N) is 1. The maximum atomic E-state index is 13.4. The summed E-state index contributed by atoms with van der Waals surface area (Å²) in [5, 5.41) is 14.5. The van der Waals surface area contributed by atoms with Gasteiger partial charge >= 0.3 is 6.18 Å². The minimum absolute atomic E-state index is 0.0195. The van der Waals surface area contributed by atoms with E-state index in [0.29, 0.717) is 16.9 Å². The van der Waals surface area contributed by atoms with E-state index in [1.54, 1.807) is 25.4 Å².